The third-order valence-corrected chi connectivity index (χ3v) is 4.10. The van der Waals surface area contributed by atoms with Crippen LogP contribution in [0.1, 0.15) is 4.88 Å². The molecule has 124 valence electrons. The van der Waals surface area contributed by atoms with Crippen molar-refractivity contribution in [3.63, 3.8) is 0 Å². The largest absolute Gasteiger partial charge is 0.367 e. The number of hydrogen-bond donors (Lipinski definition) is 3. The summed E-state index contributed by atoms with van der Waals surface area (Å²) in [5, 5.41) is 2.10. The van der Waals surface area contributed by atoms with E-state index in [0.717, 1.165) is 6.08 Å². The van der Waals surface area contributed by atoms with Gasteiger partial charge >= 0.3 is 0 Å². The molecule has 0 spiro atoms. The van der Waals surface area contributed by atoms with E-state index in [1.807, 2.05) is 0 Å². The maximum atomic E-state index is 13.7. The molecule has 0 fully saturated rings. The van der Waals surface area contributed by atoms with Crippen molar-refractivity contribution in [3.05, 3.63) is 53.2 Å². The SMILES string of the molecule is NC(=O)C(NC(=O)/C=C/c1ccc(-c2ccccc2F)s1)C(N)=O. The Morgan fingerprint density at radius 2 is 1.75 bits per heavy atom. The lowest BCUT2D eigenvalue weighted by atomic mass is 10.2. The molecule has 0 unspecified atom stereocenters. The first-order valence-electron chi connectivity index (χ1n) is 6.80. The number of rotatable bonds is 6. The summed E-state index contributed by atoms with van der Waals surface area (Å²) in [7, 11) is 0. The molecule has 0 aliphatic rings. The molecule has 3 amide bonds. The van der Waals surface area contributed by atoms with Gasteiger partial charge in [-0.15, -0.1) is 11.3 Å². The van der Waals surface area contributed by atoms with Gasteiger partial charge in [0.2, 0.25) is 17.7 Å². The summed E-state index contributed by atoms with van der Waals surface area (Å²) >= 11 is 1.28. The molecule has 1 aromatic carbocycles. The van der Waals surface area contributed by atoms with Crippen molar-refractivity contribution in [2.24, 2.45) is 11.5 Å². The Kier molecular flexibility index (Phi) is 5.43. The van der Waals surface area contributed by atoms with Crippen molar-refractivity contribution >= 4 is 35.1 Å². The van der Waals surface area contributed by atoms with Gasteiger partial charge in [-0.2, -0.15) is 0 Å². The Morgan fingerprint density at radius 1 is 1.08 bits per heavy atom. The molecule has 0 saturated heterocycles. The molecule has 8 heteroatoms. The minimum absolute atomic E-state index is 0.335. The predicted molar refractivity (Wildman–Crippen MR) is 89.1 cm³/mol. The molecule has 6 nitrogen and oxygen atoms in total. The first-order chi connectivity index (χ1) is 11.4. The molecule has 0 radical (unpaired) electrons. The summed E-state index contributed by atoms with van der Waals surface area (Å²) in [5.74, 6) is -3.11. The van der Waals surface area contributed by atoms with Gasteiger partial charge in [0.25, 0.3) is 0 Å². The van der Waals surface area contributed by atoms with Crippen LogP contribution in [0.25, 0.3) is 16.5 Å². The molecule has 1 heterocycles. The highest BCUT2D eigenvalue weighted by molar-refractivity contribution is 7.16. The maximum Gasteiger partial charge on any atom is 0.249 e. The summed E-state index contributed by atoms with van der Waals surface area (Å²) in [6.45, 7) is 0. The van der Waals surface area contributed by atoms with Crippen LogP contribution in [0.15, 0.2) is 42.5 Å². The van der Waals surface area contributed by atoms with Gasteiger partial charge in [0, 0.05) is 21.4 Å². The third-order valence-electron chi connectivity index (χ3n) is 3.02. The quantitative estimate of drug-likeness (QED) is 0.535. The fraction of sp³-hybridized carbons (Fsp3) is 0.0625. The van der Waals surface area contributed by atoms with Crippen LogP contribution in [-0.4, -0.2) is 23.8 Å². The lowest BCUT2D eigenvalue weighted by Gasteiger charge is -2.09. The molecule has 1 aromatic heterocycles. The molecular weight excluding hydrogens is 333 g/mol. The third kappa shape index (κ3) is 4.26. The molecule has 0 aliphatic carbocycles. The highest BCUT2D eigenvalue weighted by atomic mass is 32.1. The molecular formula is C16H14FN3O3S. The molecule has 2 aromatic rings. The average Bonchev–Trinajstić information content (AvgIpc) is 2.99. The monoisotopic (exact) mass is 347 g/mol. The van der Waals surface area contributed by atoms with Gasteiger partial charge in [-0.05, 0) is 24.3 Å². The van der Waals surface area contributed by atoms with Crippen LogP contribution in [0.2, 0.25) is 0 Å². The fourth-order valence-corrected chi connectivity index (χ4v) is 2.82. The van der Waals surface area contributed by atoms with Gasteiger partial charge in [-0.1, -0.05) is 18.2 Å². The summed E-state index contributed by atoms with van der Waals surface area (Å²) in [6, 6.07) is 8.24. The van der Waals surface area contributed by atoms with Crippen molar-refractivity contribution in [2.45, 2.75) is 6.04 Å². The van der Waals surface area contributed by atoms with Crippen LogP contribution in [0.5, 0.6) is 0 Å². The minimum Gasteiger partial charge on any atom is -0.367 e. The van der Waals surface area contributed by atoms with Gasteiger partial charge < -0.3 is 16.8 Å². The van der Waals surface area contributed by atoms with E-state index >= 15 is 0 Å². The van der Waals surface area contributed by atoms with Crippen LogP contribution in [0, 0.1) is 5.82 Å². The first-order valence-corrected chi connectivity index (χ1v) is 7.62. The molecule has 0 bridgehead atoms. The number of hydrogen-bond acceptors (Lipinski definition) is 4. The van der Waals surface area contributed by atoms with Crippen LogP contribution in [-0.2, 0) is 14.4 Å². The number of benzene rings is 1. The number of thiophene rings is 1. The lowest BCUT2D eigenvalue weighted by molar-refractivity contribution is -0.132. The Labute approximate surface area is 141 Å². The number of carbonyl (C=O) groups excluding carboxylic acids is 3. The van der Waals surface area contributed by atoms with Crippen LogP contribution in [0.3, 0.4) is 0 Å². The van der Waals surface area contributed by atoms with Gasteiger partial charge in [0.15, 0.2) is 6.04 Å². The van der Waals surface area contributed by atoms with Gasteiger partial charge in [-0.3, -0.25) is 14.4 Å². The Bertz CT molecular complexity index is 802. The van der Waals surface area contributed by atoms with Crippen molar-refractivity contribution in [1.29, 1.82) is 0 Å². The van der Waals surface area contributed by atoms with E-state index in [2.05, 4.69) is 5.32 Å². The zero-order valence-electron chi connectivity index (χ0n) is 12.4. The highest BCUT2D eigenvalue weighted by Gasteiger charge is 2.22. The van der Waals surface area contributed by atoms with Crippen LogP contribution in [0.4, 0.5) is 4.39 Å². The van der Waals surface area contributed by atoms with E-state index < -0.39 is 23.8 Å². The van der Waals surface area contributed by atoms with Gasteiger partial charge in [0.05, 0.1) is 0 Å². The lowest BCUT2D eigenvalue weighted by Crippen LogP contribution is -2.52. The molecule has 0 aliphatic heterocycles. The summed E-state index contributed by atoms with van der Waals surface area (Å²) in [5.41, 5.74) is 10.4. The van der Waals surface area contributed by atoms with E-state index in [9.17, 15) is 18.8 Å². The fourth-order valence-electron chi connectivity index (χ4n) is 1.88. The summed E-state index contributed by atoms with van der Waals surface area (Å²) < 4.78 is 13.7. The molecule has 24 heavy (non-hydrogen) atoms. The number of nitrogens with two attached hydrogens (primary N) is 2. The highest BCUT2D eigenvalue weighted by Crippen LogP contribution is 2.30. The van der Waals surface area contributed by atoms with E-state index in [-0.39, 0.29) is 5.82 Å². The van der Waals surface area contributed by atoms with Gasteiger partial charge in [0.1, 0.15) is 5.82 Å². The number of carbonyl (C=O) groups is 3. The predicted octanol–water partition coefficient (Wildman–Crippen LogP) is 1.02. The van der Waals surface area contributed by atoms with E-state index in [4.69, 9.17) is 11.5 Å². The molecule has 0 atom stereocenters. The Balaban J connectivity index is 2.08. The zero-order chi connectivity index (χ0) is 17.7. The normalized spacial score (nSPS) is 10.9. The Hall–Kier alpha value is -3.00. The van der Waals surface area contributed by atoms with E-state index in [1.54, 1.807) is 30.3 Å². The van der Waals surface area contributed by atoms with E-state index in [1.165, 1.54) is 23.5 Å². The minimum atomic E-state index is -1.57. The molecule has 2 rings (SSSR count). The number of nitrogens with one attached hydrogen (secondary N) is 1. The second-order valence-electron chi connectivity index (χ2n) is 4.76. The van der Waals surface area contributed by atoms with Crippen molar-refractivity contribution in [3.8, 4) is 10.4 Å². The van der Waals surface area contributed by atoms with Crippen molar-refractivity contribution in [2.75, 3.05) is 0 Å². The van der Waals surface area contributed by atoms with Crippen molar-refractivity contribution in [1.82, 2.24) is 5.32 Å². The van der Waals surface area contributed by atoms with E-state index in [0.29, 0.717) is 15.3 Å². The average molecular weight is 347 g/mol. The number of halogens is 1. The molecule has 5 N–H and O–H groups in total. The Morgan fingerprint density at radius 3 is 2.38 bits per heavy atom. The number of amides is 3. The van der Waals surface area contributed by atoms with Crippen LogP contribution >= 0.6 is 11.3 Å². The number of primary amides is 2. The summed E-state index contributed by atoms with van der Waals surface area (Å²) in [4.78, 5) is 35.1. The maximum absolute atomic E-state index is 13.7. The van der Waals surface area contributed by atoms with Crippen molar-refractivity contribution < 1.29 is 18.8 Å². The molecule has 0 saturated carbocycles. The zero-order valence-corrected chi connectivity index (χ0v) is 13.2. The second-order valence-corrected chi connectivity index (χ2v) is 5.88. The topological polar surface area (TPSA) is 115 Å². The van der Waals surface area contributed by atoms with Gasteiger partial charge in [-0.25, -0.2) is 4.39 Å². The smallest absolute Gasteiger partial charge is 0.249 e. The van der Waals surface area contributed by atoms with Crippen LogP contribution < -0.4 is 16.8 Å². The standard InChI is InChI=1S/C16H14FN3O3S/c17-11-4-2-1-3-10(11)12-7-5-9(24-12)6-8-13(21)20-14(15(18)22)16(19)23/h1-8,14H,(H2,18,22)(H2,19,23)(H,20,21)/b8-6+. The second kappa shape index (κ2) is 7.51. The first kappa shape index (κ1) is 17.4. The summed E-state index contributed by atoms with van der Waals surface area (Å²) in [6.07, 6.45) is 2.61.